The standard InChI is InChI=1S/C27H28N8O3/c1-16(36)31-20-8-9-23-21(13-20)32-26(38-23)18-10-11-30-22(12-18)27(37)35-14-19(15-35)24(25(28)33-34(2)29)17-6-4-3-5-7-17/h3-13,19,24H,14-15,29H2,1-2H3,(H2,28,33)(H,31,36). The highest BCUT2D eigenvalue weighted by Crippen LogP contribution is 2.34. The molecule has 3 heterocycles. The Bertz CT molecular complexity index is 1510. The second-order valence-corrected chi connectivity index (χ2v) is 9.27. The Labute approximate surface area is 219 Å². The maximum Gasteiger partial charge on any atom is 0.272 e. The number of amides is 2. The topological polar surface area (TPSA) is 156 Å². The summed E-state index contributed by atoms with van der Waals surface area (Å²) in [6, 6.07) is 18.5. The Morgan fingerprint density at radius 1 is 1.16 bits per heavy atom. The Balaban J connectivity index is 1.32. The average molecular weight is 513 g/mol. The van der Waals surface area contributed by atoms with Crippen LogP contribution in [-0.2, 0) is 4.79 Å². The molecule has 2 aromatic carbocycles. The van der Waals surface area contributed by atoms with E-state index in [9.17, 15) is 9.59 Å². The second kappa shape index (κ2) is 10.3. The number of carbonyl (C=O) groups is 2. The summed E-state index contributed by atoms with van der Waals surface area (Å²) in [7, 11) is 1.61. The number of aromatic nitrogens is 2. The molecule has 1 atom stereocenters. The van der Waals surface area contributed by atoms with Crippen LogP contribution in [0.4, 0.5) is 5.69 Å². The van der Waals surface area contributed by atoms with Crippen molar-refractivity contribution >= 4 is 34.4 Å². The van der Waals surface area contributed by atoms with Crippen molar-refractivity contribution in [2.75, 3.05) is 25.5 Å². The molecule has 1 aliphatic rings. The smallest absolute Gasteiger partial charge is 0.272 e. The van der Waals surface area contributed by atoms with Crippen molar-refractivity contribution in [2.24, 2.45) is 22.6 Å². The second-order valence-electron chi connectivity index (χ2n) is 9.27. The number of hydrazone groups is 1. The highest BCUT2D eigenvalue weighted by atomic mass is 16.3. The van der Waals surface area contributed by atoms with Gasteiger partial charge >= 0.3 is 0 Å². The fourth-order valence-corrected chi connectivity index (χ4v) is 4.65. The number of hydrogen-bond donors (Lipinski definition) is 3. The maximum atomic E-state index is 13.3. The molecule has 11 nitrogen and oxygen atoms in total. The molecule has 1 fully saturated rings. The van der Waals surface area contributed by atoms with Gasteiger partial charge in [0.25, 0.3) is 5.91 Å². The van der Waals surface area contributed by atoms with E-state index < -0.39 is 0 Å². The van der Waals surface area contributed by atoms with Crippen LogP contribution in [0.3, 0.4) is 0 Å². The number of oxazole rings is 1. The minimum absolute atomic E-state index is 0.0862. The zero-order valence-electron chi connectivity index (χ0n) is 21.0. The Morgan fingerprint density at radius 3 is 2.63 bits per heavy atom. The molecule has 38 heavy (non-hydrogen) atoms. The van der Waals surface area contributed by atoms with Crippen LogP contribution in [0, 0.1) is 5.92 Å². The van der Waals surface area contributed by atoms with E-state index in [-0.39, 0.29) is 23.7 Å². The first-order valence-electron chi connectivity index (χ1n) is 12.1. The van der Waals surface area contributed by atoms with Crippen molar-refractivity contribution in [3.8, 4) is 11.5 Å². The van der Waals surface area contributed by atoms with Gasteiger partial charge in [0.05, 0.1) is 0 Å². The van der Waals surface area contributed by atoms with Crippen LogP contribution in [0.15, 0.2) is 76.4 Å². The monoisotopic (exact) mass is 512 g/mol. The molecule has 2 aromatic heterocycles. The summed E-state index contributed by atoms with van der Waals surface area (Å²) in [5.41, 5.74) is 10.0. The summed E-state index contributed by atoms with van der Waals surface area (Å²) < 4.78 is 5.89. The summed E-state index contributed by atoms with van der Waals surface area (Å²) in [5, 5.41) is 8.14. The number of likely N-dealkylation sites (tertiary alicyclic amines) is 1. The van der Waals surface area contributed by atoms with Crippen molar-refractivity contribution in [2.45, 2.75) is 12.8 Å². The normalized spacial score (nSPS) is 14.7. The zero-order chi connectivity index (χ0) is 26.8. The minimum atomic E-state index is -0.189. The summed E-state index contributed by atoms with van der Waals surface area (Å²) in [4.78, 5) is 35.2. The quantitative estimate of drug-likeness (QED) is 0.148. The molecule has 194 valence electrons. The SMILES string of the molecule is CC(=O)Nc1ccc2oc(-c3ccnc(C(=O)N4CC(C(/C(N)=N/N(C)N)c5ccccc5)C4)c3)nc2c1. The third kappa shape index (κ3) is 5.18. The zero-order valence-corrected chi connectivity index (χ0v) is 21.0. The number of fused-ring (bicyclic) bond motifs is 1. The number of anilines is 1. The van der Waals surface area contributed by atoms with Gasteiger partial charge in [0.1, 0.15) is 17.0 Å². The Hall–Kier alpha value is -4.77. The molecule has 11 heteroatoms. The highest BCUT2D eigenvalue weighted by Gasteiger charge is 2.39. The van der Waals surface area contributed by atoms with E-state index in [4.69, 9.17) is 16.0 Å². The van der Waals surface area contributed by atoms with Gasteiger partial charge in [-0.3, -0.25) is 14.6 Å². The molecule has 0 bridgehead atoms. The van der Waals surface area contributed by atoms with E-state index in [2.05, 4.69) is 20.4 Å². The van der Waals surface area contributed by atoms with Crippen molar-refractivity contribution in [3.05, 3.63) is 78.1 Å². The fourth-order valence-electron chi connectivity index (χ4n) is 4.65. The van der Waals surface area contributed by atoms with Crippen LogP contribution in [0.1, 0.15) is 28.9 Å². The van der Waals surface area contributed by atoms with Crippen LogP contribution >= 0.6 is 0 Å². The highest BCUT2D eigenvalue weighted by molar-refractivity contribution is 5.95. The average Bonchev–Trinajstić information content (AvgIpc) is 3.29. The molecule has 4 aromatic rings. The number of amidine groups is 1. The number of nitrogens with two attached hydrogens (primary N) is 2. The molecule has 0 aliphatic carbocycles. The lowest BCUT2D eigenvalue weighted by molar-refractivity contribution is -0.114. The largest absolute Gasteiger partial charge is 0.436 e. The van der Waals surface area contributed by atoms with Crippen LogP contribution in [-0.4, -0.2) is 57.8 Å². The molecule has 5 N–H and O–H groups in total. The minimum Gasteiger partial charge on any atom is -0.436 e. The van der Waals surface area contributed by atoms with Gasteiger partial charge in [-0.25, -0.2) is 15.9 Å². The summed E-state index contributed by atoms with van der Waals surface area (Å²) in [6.07, 6.45) is 1.56. The molecule has 1 saturated heterocycles. The third-order valence-corrected chi connectivity index (χ3v) is 6.35. The lowest BCUT2D eigenvalue weighted by Crippen LogP contribution is -2.54. The number of hydrogen-bond acceptors (Lipinski definition) is 8. The molecular weight excluding hydrogens is 484 g/mol. The lowest BCUT2D eigenvalue weighted by atomic mass is 9.80. The van der Waals surface area contributed by atoms with Crippen LogP contribution in [0.25, 0.3) is 22.6 Å². The van der Waals surface area contributed by atoms with Gasteiger partial charge in [-0.2, -0.15) is 0 Å². The molecule has 1 aliphatic heterocycles. The van der Waals surface area contributed by atoms with Crippen LogP contribution < -0.4 is 16.9 Å². The number of hydrazine groups is 1. The van der Waals surface area contributed by atoms with E-state index in [0.29, 0.717) is 52.9 Å². The van der Waals surface area contributed by atoms with Gasteiger partial charge in [0, 0.05) is 56.3 Å². The molecule has 0 saturated carbocycles. The fraction of sp³-hybridized carbons (Fsp3) is 0.222. The summed E-state index contributed by atoms with van der Waals surface area (Å²) >= 11 is 0. The number of nitrogens with one attached hydrogen (secondary N) is 1. The van der Waals surface area contributed by atoms with E-state index in [0.717, 1.165) is 5.56 Å². The molecule has 0 spiro atoms. The summed E-state index contributed by atoms with van der Waals surface area (Å²) in [5.74, 6) is 6.01. The van der Waals surface area contributed by atoms with Gasteiger partial charge in [-0.1, -0.05) is 30.3 Å². The predicted molar refractivity (Wildman–Crippen MR) is 144 cm³/mol. The molecule has 2 amide bonds. The van der Waals surface area contributed by atoms with Gasteiger partial charge in [-0.15, -0.1) is 5.10 Å². The Kier molecular flexibility index (Phi) is 6.75. The molecule has 5 rings (SSSR count). The summed E-state index contributed by atoms with van der Waals surface area (Å²) in [6.45, 7) is 2.45. The Morgan fingerprint density at radius 2 is 1.92 bits per heavy atom. The number of carbonyl (C=O) groups excluding carboxylic acids is 2. The number of rotatable bonds is 7. The number of pyridine rings is 1. The third-order valence-electron chi connectivity index (χ3n) is 6.35. The van der Waals surface area contributed by atoms with Crippen molar-refractivity contribution < 1.29 is 14.0 Å². The van der Waals surface area contributed by atoms with Crippen molar-refractivity contribution in [1.29, 1.82) is 0 Å². The first kappa shape index (κ1) is 24.9. The maximum absolute atomic E-state index is 13.3. The predicted octanol–water partition coefficient (Wildman–Crippen LogP) is 2.78. The van der Waals surface area contributed by atoms with Crippen molar-refractivity contribution in [1.82, 2.24) is 20.0 Å². The van der Waals surface area contributed by atoms with E-state index in [1.165, 1.54) is 12.0 Å². The van der Waals surface area contributed by atoms with Crippen LogP contribution in [0.5, 0.6) is 0 Å². The van der Waals surface area contributed by atoms with Gasteiger partial charge in [-0.05, 0) is 35.9 Å². The van der Waals surface area contributed by atoms with Gasteiger partial charge < -0.3 is 20.4 Å². The first-order chi connectivity index (χ1) is 18.3. The first-order valence-corrected chi connectivity index (χ1v) is 12.1. The van der Waals surface area contributed by atoms with Gasteiger partial charge in [0.15, 0.2) is 5.58 Å². The molecule has 1 unspecified atom stereocenters. The number of nitrogens with zero attached hydrogens (tertiary/aromatic N) is 5. The van der Waals surface area contributed by atoms with Crippen LogP contribution in [0.2, 0.25) is 0 Å². The van der Waals surface area contributed by atoms with E-state index in [1.54, 1.807) is 48.5 Å². The van der Waals surface area contributed by atoms with E-state index >= 15 is 0 Å². The molecule has 0 radical (unpaired) electrons. The number of benzene rings is 2. The van der Waals surface area contributed by atoms with E-state index in [1.807, 2.05) is 30.3 Å². The van der Waals surface area contributed by atoms with Gasteiger partial charge in [0.2, 0.25) is 11.8 Å². The lowest BCUT2D eigenvalue weighted by Gasteiger charge is -2.43. The van der Waals surface area contributed by atoms with Crippen molar-refractivity contribution in [3.63, 3.8) is 0 Å². The molecular formula is C27H28N8O3.